The minimum Gasteiger partial charge on any atom is -0.756 e. The lowest BCUT2D eigenvalue weighted by Crippen LogP contribution is -2.70. The number of allylic oxidation sites excluding steroid dienone is 2. The summed E-state index contributed by atoms with van der Waals surface area (Å²) in [5.41, 5.74) is 3.23. The zero-order valence-electron chi connectivity index (χ0n) is 31.6. The molecule has 1 unspecified atom stereocenters. The van der Waals surface area contributed by atoms with Crippen LogP contribution >= 0.6 is 7.82 Å². The summed E-state index contributed by atoms with van der Waals surface area (Å²) in [5, 5.41) is 10.8. The number of ether oxygens (including phenoxy) is 2. The number of unbranched alkanes of at least 4 members (excludes halogenated alkanes) is 21. The maximum Gasteiger partial charge on any atom is 0.306 e. The Bertz CT molecular complexity index is 916. The molecule has 12 heteroatoms. The number of esters is 2. The average Bonchev–Trinajstić information content (AvgIpc) is 3.09. The van der Waals surface area contributed by atoms with Crippen molar-refractivity contribution in [2.75, 3.05) is 19.8 Å². The second-order valence-corrected chi connectivity index (χ2v) is 14.9. The summed E-state index contributed by atoms with van der Waals surface area (Å²) >= 11 is 0. The number of phosphoric ester groups is 1. The first-order chi connectivity index (χ1) is 24.1. The van der Waals surface area contributed by atoms with Crippen LogP contribution in [0.2, 0.25) is 0 Å². The van der Waals surface area contributed by atoms with Crippen molar-refractivity contribution in [2.45, 2.75) is 193 Å². The molecule has 0 aromatic rings. The standard InChI is InChI=1S/C38H72NO10P/c1-3-5-7-9-11-13-15-17-19-21-23-25-27-29-36(40)46-31-34(32-47-50(44,45)48-33-35(39)38(42)43)49-37(41)30-28-26-24-22-20-18-16-14-12-10-8-6-4-2/h14,16,34-35H,3-13,15,17-33,39H2,1-2H3,(H,42,43)(H,44,45)/p-1/b16-14-/t34-,35+/m1/s1. The first-order valence-electron chi connectivity index (χ1n) is 19.7. The summed E-state index contributed by atoms with van der Waals surface area (Å²) in [5.74, 6) is -2.58. The fourth-order valence-corrected chi connectivity index (χ4v) is 6.14. The Morgan fingerprint density at radius 2 is 1.00 bits per heavy atom. The molecule has 0 aliphatic rings. The SMILES string of the molecule is CCCCCC/C=C\CCCCCCCC(=O)O[C@H](COC(=O)CCCCCCCCCCCCCCC)COP(=O)([O-])OC[C@H]([NH3+])C(=O)[O-]. The number of carbonyl (C=O) groups excluding carboxylic acids is 3. The van der Waals surface area contributed by atoms with Gasteiger partial charge in [-0.05, 0) is 38.5 Å². The van der Waals surface area contributed by atoms with Crippen LogP contribution in [0, 0.1) is 0 Å². The van der Waals surface area contributed by atoms with Gasteiger partial charge in [0.25, 0.3) is 7.82 Å². The molecular formula is C38H71NO10P-. The normalized spacial score (nSPS) is 14.0. The number of hydrogen-bond donors (Lipinski definition) is 1. The van der Waals surface area contributed by atoms with E-state index in [2.05, 4.69) is 36.3 Å². The predicted molar refractivity (Wildman–Crippen MR) is 193 cm³/mol. The number of quaternary nitrogens is 1. The zero-order chi connectivity index (χ0) is 37.1. The fourth-order valence-electron chi connectivity index (χ4n) is 5.35. The van der Waals surface area contributed by atoms with Gasteiger partial charge in [-0.3, -0.25) is 14.2 Å². The highest BCUT2D eigenvalue weighted by atomic mass is 31.2. The minimum absolute atomic E-state index is 0.140. The molecule has 0 amide bonds. The number of carbonyl (C=O) groups is 3. The molecule has 0 aromatic heterocycles. The molecule has 0 radical (unpaired) electrons. The van der Waals surface area contributed by atoms with Crippen LogP contribution in [0.5, 0.6) is 0 Å². The summed E-state index contributed by atoms with van der Waals surface area (Å²) in [6, 6.07) is -1.42. The van der Waals surface area contributed by atoms with E-state index in [9.17, 15) is 28.9 Å². The molecule has 0 heterocycles. The van der Waals surface area contributed by atoms with Crippen molar-refractivity contribution >= 4 is 25.7 Å². The molecule has 294 valence electrons. The molecule has 0 bridgehead atoms. The number of rotatable bonds is 37. The lowest BCUT2D eigenvalue weighted by atomic mass is 10.0. The Kier molecular flexibility index (Phi) is 33.1. The van der Waals surface area contributed by atoms with Gasteiger partial charge in [0.2, 0.25) is 0 Å². The predicted octanol–water partition coefficient (Wildman–Crippen LogP) is 7.04. The van der Waals surface area contributed by atoms with E-state index in [1.807, 2.05) is 0 Å². The van der Waals surface area contributed by atoms with E-state index in [1.54, 1.807) is 0 Å². The smallest absolute Gasteiger partial charge is 0.306 e. The van der Waals surface area contributed by atoms with Crippen LogP contribution in [0.1, 0.15) is 181 Å². The molecule has 0 spiro atoms. The molecule has 0 aromatic carbocycles. The van der Waals surface area contributed by atoms with Crippen LogP contribution in [0.4, 0.5) is 0 Å². The topological polar surface area (TPSA) is 179 Å². The fraction of sp³-hybridized carbons (Fsp3) is 0.868. The van der Waals surface area contributed by atoms with Crippen LogP contribution in [-0.4, -0.2) is 49.9 Å². The summed E-state index contributed by atoms with van der Waals surface area (Å²) in [7, 11) is -4.94. The summed E-state index contributed by atoms with van der Waals surface area (Å²) in [6.07, 6.45) is 31.2. The molecule has 3 N–H and O–H groups in total. The van der Waals surface area contributed by atoms with Crippen molar-refractivity contribution in [3.8, 4) is 0 Å². The molecule has 0 saturated carbocycles. The number of aliphatic carboxylic acids is 1. The number of carboxylic acids is 1. The summed E-state index contributed by atoms with van der Waals surface area (Å²) in [4.78, 5) is 47.8. The van der Waals surface area contributed by atoms with Gasteiger partial charge in [0.1, 0.15) is 25.2 Å². The van der Waals surface area contributed by atoms with Gasteiger partial charge in [0.05, 0.1) is 6.61 Å². The molecule has 0 fully saturated rings. The molecule has 50 heavy (non-hydrogen) atoms. The third kappa shape index (κ3) is 33.4. The van der Waals surface area contributed by atoms with E-state index < -0.39 is 51.1 Å². The maximum absolute atomic E-state index is 12.5. The van der Waals surface area contributed by atoms with Gasteiger partial charge < -0.3 is 39.0 Å². The van der Waals surface area contributed by atoms with Crippen molar-refractivity contribution in [1.29, 1.82) is 0 Å². The van der Waals surface area contributed by atoms with Gasteiger partial charge in [-0.2, -0.15) is 0 Å². The summed E-state index contributed by atoms with van der Waals surface area (Å²) < 4.78 is 32.2. The van der Waals surface area contributed by atoms with Crippen molar-refractivity contribution in [2.24, 2.45) is 0 Å². The lowest BCUT2D eigenvalue weighted by Gasteiger charge is -2.26. The molecule has 0 aliphatic heterocycles. The number of hydrogen-bond acceptors (Lipinski definition) is 10. The van der Waals surface area contributed by atoms with Crippen molar-refractivity contribution in [3.05, 3.63) is 12.2 Å². The highest BCUT2D eigenvalue weighted by Crippen LogP contribution is 2.38. The van der Waals surface area contributed by atoms with Crippen molar-refractivity contribution in [3.63, 3.8) is 0 Å². The average molecular weight is 733 g/mol. The van der Waals surface area contributed by atoms with E-state index in [-0.39, 0.29) is 19.4 Å². The van der Waals surface area contributed by atoms with Crippen LogP contribution < -0.4 is 15.7 Å². The number of carboxylic acid groups (broad SMARTS) is 1. The molecule has 11 nitrogen and oxygen atoms in total. The monoisotopic (exact) mass is 732 g/mol. The second-order valence-electron chi connectivity index (χ2n) is 13.5. The van der Waals surface area contributed by atoms with E-state index in [0.29, 0.717) is 12.8 Å². The Balaban J connectivity index is 4.42. The van der Waals surface area contributed by atoms with Crippen LogP contribution in [-0.2, 0) is 37.5 Å². The third-order valence-corrected chi connectivity index (χ3v) is 9.47. The second kappa shape index (κ2) is 34.3. The molecule has 3 atom stereocenters. The van der Waals surface area contributed by atoms with Crippen LogP contribution in [0.3, 0.4) is 0 Å². The first-order valence-corrected chi connectivity index (χ1v) is 21.2. The van der Waals surface area contributed by atoms with E-state index in [0.717, 1.165) is 57.8 Å². The molecular weight excluding hydrogens is 661 g/mol. The van der Waals surface area contributed by atoms with Gasteiger partial charge >= 0.3 is 11.9 Å². The van der Waals surface area contributed by atoms with Gasteiger partial charge in [0, 0.05) is 12.8 Å². The van der Waals surface area contributed by atoms with Crippen LogP contribution in [0.25, 0.3) is 0 Å². The van der Waals surface area contributed by atoms with Gasteiger partial charge in [-0.15, -0.1) is 0 Å². The lowest BCUT2D eigenvalue weighted by molar-refractivity contribution is -0.441. The van der Waals surface area contributed by atoms with Gasteiger partial charge in [-0.25, -0.2) is 0 Å². The summed E-state index contributed by atoms with van der Waals surface area (Å²) in [6.45, 7) is 2.67. The van der Waals surface area contributed by atoms with Crippen molar-refractivity contribution in [1.82, 2.24) is 0 Å². The molecule has 0 rings (SSSR count). The largest absolute Gasteiger partial charge is 0.756 e. The van der Waals surface area contributed by atoms with E-state index in [1.165, 1.54) is 83.5 Å². The highest BCUT2D eigenvalue weighted by Gasteiger charge is 2.22. The van der Waals surface area contributed by atoms with Crippen LogP contribution in [0.15, 0.2) is 12.2 Å². The maximum atomic E-state index is 12.5. The Morgan fingerprint density at radius 1 is 0.600 bits per heavy atom. The quantitative estimate of drug-likeness (QED) is 0.0301. The van der Waals surface area contributed by atoms with Gasteiger partial charge in [-0.1, -0.05) is 142 Å². The highest BCUT2D eigenvalue weighted by molar-refractivity contribution is 7.45. The molecule has 0 saturated heterocycles. The zero-order valence-corrected chi connectivity index (χ0v) is 32.4. The Morgan fingerprint density at radius 3 is 1.48 bits per heavy atom. The van der Waals surface area contributed by atoms with E-state index >= 15 is 0 Å². The Hall–Kier alpha value is -1.78. The molecule has 0 aliphatic carbocycles. The van der Waals surface area contributed by atoms with Gasteiger partial charge in [0.15, 0.2) is 6.10 Å². The first kappa shape index (κ1) is 48.2. The number of phosphoric acid groups is 1. The third-order valence-electron chi connectivity index (χ3n) is 8.54. The van der Waals surface area contributed by atoms with Crippen molar-refractivity contribution < 1.29 is 53.2 Å². The van der Waals surface area contributed by atoms with E-state index in [4.69, 9.17) is 14.0 Å². The Labute approximate surface area is 303 Å². The minimum atomic E-state index is -4.94.